The predicted octanol–water partition coefficient (Wildman–Crippen LogP) is 4.19. The molecule has 0 radical (unpaired) electrons. The first-order chi connectivity index (χ1) is 16.1. The van der Waals surface area contributed by atoms with Crippen molar-refractivity contribution in [1.82, 2.24) is 0 Å². The Kier molecular flexibility index (Phi) is 6.63. The summed E-state index contributed by atoms with van der Waals surface area (Å²) in [6, 6.07) is 37.5. The summed E-state index contributed by atoms with van der Waals surface area (Å²) in [5, 5.41) is 2.56. The van der Waals surface area contributed by atoms with Crippen LogP contribution in [0.15, 0.2) is 121 Å². The van der Waals surface area contributed by atoms with E-state index in [1.165, 1.54) is 6.92 Å². The van der Waals surface area contributed by atoms with Crippen molar-refractivity contribution in [3.63, 3.8) is 0 Å². The molecule has 0 saturated heterocycles. The number of carbonyl (C=O) groups excluding carboxylic acids is 3. The third-order valence-electron chi connectivity index (χ3n) is 5.55. The monoisotopic (exact) mass is 450 g/mol. The Hall–Kier alpha value is -3.81. The lowest BCUT2D eigenvalue weighted by molar-refractivity contribution is -0.131. The topological polar surface area (TPSA) is 51.2 Å². The first kappa shape index (κ1) is 22.4. The normalized spacial score (nSPS) is 10.9. The molecule has 4 heteroatoms. The average Bonchev–Trinajstić information content (AvgIpc) is 2.88. The van der Waals surface area contributed by atoms with Crippen LogP contribution in [0.3, 0.4) is 0 Å². The van der Waals surface area contributed by atoms with Crippen molar-refractivity contribution in [2.45, 2.75) is 6.92 Å². The number of benzene rings is 4. The smallest absolute Gasteiger partial charge is 0.233 e. The minimum absolute atomic E-state index is 0.0322. The maximum Gasteiger partial charge on any atom is 0.233 e. The van der Waals surface area contributed by atoms with Gasteiger partial charge in [0.25, 0.3) is 0 Å². The zero-order valence-corrected chi connectivity index (χ0v) is 19.1. The number of carbonyl (C=O) groups is 3. The molecular weight excluding hydrogens is 427 g/mol. The molecule has 4 aromatic carbocycles. The fourth-order valence-electron chi connectivity index (χ4n) is 4.09. The van der Waals surface area contributed by atoms with Gasteiger partial charge in [0, 0.05) is 12.5 Å². The van der Waals surface area contributed by atoms with E-state index >= 15 is 0 Å². The Balaban J connectivity index is 2.30. The van der Waals surface area contributed by atoms with Gasteiger partial charge in [-0.15, -0.1) is 0 Å². The number of ketones is 3. The highest BCUT2D eigenvalue weighted by molar-refractivity contribution is 7.98. The Morgan fingerprint density at radius 3 is 1.18 bits per heavy atom. The second-order valence-corrected chi connectivity index (χ2v) is 10.9. The SMILES string of the molecule is CC(=O)C(=O)C(C(=O)c1ccccc1)=P(c1ccccc1)(c1ccccc1)c1ccccc1. The first-order valence-corrected chi connectivity index (χ1v) is 12.4. The van der Waals surface area contributed by atoms with Crippen LogP contribution >= 0.6 is 6.89 Å². The highest BCUT2D eigenvalue weighted by Crippen LogP contribution is 2.47. The molecule has 0 aliphatic rings. The van der Waals surface area contributed by atoms with E-state index < -0.39 is 24.2 Å². The van der Waals surface area contributed by atoms with Crippen LogP contribution in [0.4, 0.5) is 0 Å². The quantitative estimate of drug-likeness (QED) is 0.184. The van der Waals surface area contributed by atoms with E-state index in [1.807, 2.05) is 97.1 Å². The highest BCUT2D eigenvalue weighted by atomic mass is 31.2. The predicted molar refractivity (Wildman–Crippen MR) is 137 cm³/mol. The van der Waals surface area contributed by atoms with Crippen LogP contribution in [0.1, 0.15) is 17.3 Å². The van der Waals surface area contributed by atoms with E-state index in [0.29, 0.717) is 5.56 Å². The Labute approximate surface area is 193 Å². The van der Waals surface area contributed by atoms with Crippen molar-refractivity contribution in [3.8, 4) is 0 Å². The zero-order chi connectivity index (χ0) is 23.3. The van der Waals surface area contributed by atoms with Gasteiger partial charge in [-0.2, -0.15) is 0 Å². The molecule has 0 N–H and O–H groups in total. The van der Waals surface area contributed by atoms with Gasteiger partial charge < -0.3 is 0 Å². The largest absolute Gasteiger partial charge is 0.291 e. The molecule has 3 nitrogen and oxygen atoms in total. The first-order valence-electron chi connectivity index (χ1n) is 10.6. The van der Waals surface area contributed by atoms with E-state index in [9.17, 15) is 14.4 Å². The van der Waals surface area contributed by atoms with Gasteiger partial charge in [0.05, 0.1) is 5.29 Å². The molecule has 0 fully saturated rings. The van der Waals surface area contributed by atoms with Crippen LogP contribution in [0.2, 0.25) is 0 Å². The van der Waals surface area contributed by atoms with Crippen LogP contribution in [0, 0.1) is 0 Å². The molecule has 0 atom stereocenters. The summed E-state index contributed by atoms with van der Waals surface area (Å²) in [6.07, 6.45) is 0. The molecule has 0 heterocycles. The minimum atomic E-state index is -3.00. The molecule has 0 aliphatic carbocycles. The van der Waals surface area contributed by atoms with Crippen LogP contribution < -0.4 is 15.9 Å². The average molecular weight is 450 g/mol. The molecule has 162 valence electrons. The van der Waals surface area contributed by atoms with Crippen molar-refractivity contribution in [3.05, 3.63) is 127 Å². The van der Waals surface area contributed by atoms with Crippen LogP contribution in [0.5, 0.6) is 0 Å². The summed E-state index contributed by atoms with van der Waals surface area (Å²) in [4.78, 5) is 40.3. The van der Waals surface area contributed by atoms with Crippen LogP contribution in [-0.2, 0) is 9.59 Å². The van der Waals surface area contributed by atoms with Gasteiger partial charge >= 0.3 is 0 Å². The molecule has 0 spiro atoms. The van der Waals surface area contributed by atoms with Gasteiger partial charge in [0.2, 0.25) is 5.78 Å². The minimum Gasteiger partial charge on any atom is -0.291 e. The molecule has 0 aliphatic heterocycles. The number of hydrogen-bond donors (Lipinski definition) is 0. The van der Waals surface area contributed by atoms with Crippen LogP contribution in [-0.4, -0.2) is 22.6 Å². The van der Waals surface area contributed by atoms with Gasteiger partial charge in [-0.1, -0.05) is 121 Å². The summed E-state index contributed by atoms with van der Waals surface area (Å²) in [7, 11) is 0. The van der Waals surface area contributed by atoms with Crippen LogP contribution in [0.25, 0.3) is 0 Å². The molecule has 0 bridgehead atoms. The lowest BCUT2D eigenvalue weighted by atomic mass is 10.0. The van der Waals surface area contributed by atoms with E-state index in [-0.39, 0.29) is 5.29 Å². The maximum absolute atomic E-state index is 14.1. The van der Waals surface area contributed by atoms with Gasteiger partial charge in [-0.05, 0) is 22.8 Å². The highest BCUT2D eigenvalue weighted by Gasteiger charge is 2.38. The van der Waals surface area contributed by atoms with Gasteiger partial charge in [0.1, 0.15) is 0 Å². The van der Waals surface area contributed by atoms with E-state index in [4.69, 9.17) is 0 Å². The third-order valence-corrected chi connectivity index (χ3v) is 9.85. The number of rotatable bonds is 7. The molecule has 0 amide bonds. The van der Waals surface area contributed by atoms with Gasteiger partial charge in [-0.3, -0.25) is 14.4 Å². The summed E-state index contributed by atoms with van der Waals surface area (Å²) in [5.41, 5.74) is 0.384. The maximum atomic E-state index is 14.1. The van der Waals surface area contributed by atoms with Crippen molar-refractivity contribution in [2.75, 3.05) is 0 Å². The van der Waals surface area contributed by atoms with Crippen molar-refractivity contribution in [2.24, 2.45) is 0 Å². The molecule has 0 saturated carbocycles. The van der Waals surface area contributed by atoms with Crippen molar-refractivity contribution in [1.29, 1.82) is 0 Å². The number of Topliss-reactive ketones (excluding diaryl/α,β-unsaturated/α-hetero) is 3. The van der Waals surface area contributed by atoms with E-state index in [0.717, 1.165) is 15.9 Å². The third kappa shape index (κ3) is 4.16. The molecule has 4 rings (SSSR count). The van der Waals surface area contributed by atoms with Gasteiger partial charge in [0.15, 0.2) is 11.6 Å². The lowest BCUT2D eigenvalue weighted by Crippen LogP contribution is -2.39. The zero-order valence-electron chi connectivity index (χ0n) is 18.2. The second kappa shape index (κ2) is 9.77. The van der Waals surface area contributed by atoms with E-state index in [1.54, 1.807) is 24.3 Å². The van der Waals surface area contributed by atoms with Crippen molar-refractivity contribution >= 4 is 45.4 Å². The summed E-state index contributed by atoms with van der Waals surface area (Å²) in [5.74, 6) is -1.81. The molecular formula is C29H23O3P. The molecule has 0 unspecified atom stereocenters. The number of hydrogen-bond acceptors (Lipinski definition) is 3. The summed E-state index contributed by atoms with van der Waals surface area (Å²) in [6.45, 7) is -1.77. The van der Waals surface area contributed by atoms with Gasteiger partial charge in [-0.25, -0.2) is 0 Å². The Bertz CT molecular complexity index is 1240. The Morgan fingerprint density at radius 2 is 0.848 bits per heavy atom. The van der Waals surface area contributed by atoms with E-state index in [2.05, 4.69) is 0 Å². The lowest BCUT2D eigenvalue weighted by Gasteiger charge is -2.31. The molecule has 0 aromatic heterocycles. The molecule has 4 aromatic rings. The summed E-state index contributed by atoms with van der Waals surface area (Å²) >= 11 is 0. The summed E-state index contributed by atoms with van der Waals surface area (Å²) < 4.78 is 0. The standard InChI is InChI=1S/C29H23O3P/c1-22(30)27(31)29(28(32)23-14-6-2-7-15-23)33(24-16-8-3-9-17-24,25-18-10-4-11-19-25)26-20-12-5-13-21-26/h2-21H,1H3. The Morgan fingerprint density at radius 1 is 0.515 bits per heavy atom. The fraction of sp³-hybridized carbons (Fsp3) is 0.0345. The molecule has 33 heavy (non-hydrogen) atoms. The second-order valence-electron chi connectivity index (χ2n) is 7.61. The van der Waals surface area contributed by atoms with Crippen molar-refractivity contribution < 1.29 is 14.4 Å². The fourth-order valence-corrected chi connectivity index (χ4v) is 8.51.